The molecule has 0 aliphatic carbocycles. The van der Waals surface area contributed by atoms with Crippen molar-refractivity contribution in [3.05, 3.63) is 70.9 Å². The van der Waals surface area contributed by atoms with Crippen molar-refractivity contribution in [1.82, 2.24) is 15.2 Å². The predicted molar refractivity (Wildman–Crippen MR) is 108 cm³/mol. The number of carbonyl (C=O) groups excluding carboxylic acids is 3. The molecular formula is C22H21N3O4. The molecule has 1 aliphatic rings. The third-order valence-electron chi connectivity index (χ3n) is 5.16. The highest BCUT2D eigenvalue weighted by atomic mass is 16.3. The number of hydrogen-bond donors (Lipinski definition) is 3. The number of fused-ring (bicyclic) bond motifs is 2. The zero-order valence-corrected chi connectivity index (χ0v) is 15.9. The number of rotatable bonds is 6. The standard InChI is InChI=1S/C22H21N3O4/c1-13(12-26)24-20(27)14-6-7-17-18(10-14)22(29)25(21(17)28)9-8-15-11-23-19-5-3-2-4-16(15)19/h2-7,10-11,13,23,26H,8-9,12H2,1H3,(H,24,27)/t13-/m0/s1. The van der Waals surface area contributed by atoms with E-state index in [9.17, 15) is 14.4 Å². The molecule has 2 aromatic carbocycles. The van der Waals surface area contributed by atoms with Gasteiger partial charge in [0.1, 0.15) is 0 Å². The highest BCUT2D eigenvalue weighted by Crippen LogP contribution is 2.25. The van der Waals surface area contributed by atoms with E-state index in [1.165, 1.54) is 23.1 Å². The fourth-order valence-corrected chi connectivity index (χ4v) is 3.56. The molecule has 1 aromatic heterocycles. The summed E-state index contributed by atoms with van der Waals surface area (Å²) in [5, 5.41) is 12.8. The number of aromatic amines is 1. The molecule has 148 valence electrons. The maximum atomic E-state index is 12.8. The van der Waals surface area contributed by atoms with Crippen LogP contribution in [0.25, 0.3) is 10.9 Å². The summed E-state index contributed by atoms with van der Waals surface area (Å²) in [6.45, 7) is 1.75. The van der Waals surface area contributed by atoms with Crippen molar-refractivity contribution in [3.63, 3.8) is 0 Å². The van der Waals surface area contributed by atoms with Gasteiger partial charge in [0.15, 0.2) is 0 Å². The molecule has 0 bridgehead atoms. The molecule has 1 atom stereocenters. The van der Waals surface area contributed by atoms with Crippen LogP contribution < -0.4 is 5.32 Å². The van der Waals surface area contributed by atoms with Crippen molar-refractivity contribution < 1.29 is 19.5 Å². The first kappa shape index (κ1) is 18.9. The van der Waals surface area contributed by atoms with E-state index in [0.29, 0.717) is 12.0 Å². The second-order valence-corrected chi connectivity index (χ2v) is 7.19. The summed E-state index contributed by atoms with van der Waals surface area (Å²) in [7, 11) is 0. The molecule has 1 aliphatic heterocycles. The van der Waals surface area contributed by atoms with Crippen molar-refractivity contribution in [1.29, 1.82) is 0 Å². The Labute approximate surface area is 167 Å². The van der Waals surface area contributed by atoms with Gasteiger partial charge in [0.2, 0.25) is 0 Å². The van der Waals surface area contributed by atoms with Crippen LogP contribution in [-0.2, 0) is 6.42 Å². The molecule has 3 aromatic rings. The fourth-order valence-electron chi connectivity index (χ4n) is 3.56. The Kier molecular flexibility index (Phi) is 4.90. The van der Waals surface area contributed by atoms with Gasteiger partial charge in [0.25, 0.3) is 17.7 Å². The molecular weight excluding hydrogens is 370 g/mol. The summed E-state index contributed by atoms with van der Waals surface area (Å²) in [4.78, 5) is 42.2. The van der Waals surface area contributed by atoms with E-state index in [-0.39, 0.29) is 30.2 Å². The Bertz CT molecular complexity index is 1120. The lowest BCUT2D eigenvalue weighted by Crippen LogP contribution is -2.35. The normalized spacial score (nSPS) is 14.3. The molecule has 4 rings (SSSR count). The Hall–Kier alpha value is -3.45. The van der Waals surface area contributed by atoms with E-state index in [0.717, 1.165) is 16.5 Å². The summed E-state index contributed by atoms with van der Waals surface area (Å²) in [6, 6.07) is 12.0. The Balaban J connectivity index is 1.52. The topological polar surface area (TPSA) is 102 Å². The number of aromatic nitrogens is 1. The van der Waals surface area contributed by atoms with Crippen LogP contribution >= 0.6 is 0 Å². The second-order valence-electron chi connectivity index (χ2n) is 7.19. The molecule has 0 fully saturated rings. The number of H-pyrrole nitrogens is 1. The van der Waals surface area contributed by atoms with Gasteiger partial charge in [-0.25, -0.2) is 0 Å². The average Bonchev–Trinajstić information content (AvgIpc) is 3.25. The lowest BCUT2D eigenvalue weighted by Gasteiger charge is -2.13. The molecule has 0 saturated carbocycles. The van der Waals surface area contributed by atoms with Crippen molar-refractivity contribution >= 4 is 28.6 Å². The zero-order chi connectivity index (χ0) is 20.5. The smallest absolute Gasteiger partial charge is 0.261 e. The van der Waals surface area contributed by atoms with Gasteiger partial charge >= 0.3 is 0 Å². The van der Waals surface area contributed by atoms with Gasteiger partial charge in [0, 0.05) is 35.2 Å². The van der Waals surface area contributed by atoms with Crippen LogP contribution in [0.2, 0.25) is 0 Å². The number of aliphatic hydroxyl groups excluding tert-OH is 1. The minimum absolute atomic E-state index is 0.185. The van der Waals surface area contributed by atoms with Crippen molar-refractivity contribution in [2.75, 3.05) is 13.2 Å². The summed E-state index contributed by atoms with van der Waals surface area (Å²) in [5.41, 5.74) is 2.87. The van der Waals surface area contributed by atoms with Crippen LogP contribution in [0.15, 0.2) is 48.7 Å². The molecule has 0 saturated heterocycles. The van der Waals surface area contributed by atoms with Crippen LogP contribution in [0.5, 0.6) is 0 Å². The summed E-state index contributed by atoms with van der Waals surface area (Å²) in [6.07, 6.45) is 2.43. The van der Waals surface area contributed by atoms with E-state index in [2.05, 4.69) is 10.3 Å². The Morgan fingerprint density at radius 1 is 1.14 bits per heavy atom. The molecule has 0 radical (unpaired) electrons. The average molecular weight is 391 g/mol. The number of imide groups is 1. The van der Waals surface area contributed by atoms with Crippen LogP contribution in [0.4, 0.5) is 0 Å². The third kappa shape index (κ3) is 3.40. The molecule has 7 nitrogen and oxygen atoms in total. The number of nitrogens with one attached hydrogen (secondary N) is 2. The largest absolute Gasteiger partial charge is 0.394 e. The molecule has 0 spiro atoms. The van der Waals surface area contributed by atoms with Crippen molar-refractivity contribution in [2.24, 2.45) is 0 Å². The molecule has 2 heterocycles. The monoisotopic (exact) mass is 391 g/mol. The number of amides is 3. The van der Waals surface area contributed by atoms with E-state index in [1.807, 2.05) is 30.5 Å². The molecule has 3 amide bonds. The number of nitrogens with zero attached hydrogens (tertiary/aromatic N) is 1. The fraction of sp³-hybridized carbons (Fsp3) is 0.227. The zero-order valence-electron chi connectivity index (χ0n) is 15.9. The predicted octanol–water partition coefficient (Wildman–Crippen LogP) is 2.12. The highest BCUT2D eigenvalue weighted by molar-refractivity contribution is 6.22. The first-order chi connectivity index (χ1) is 14.0. The Morgan fingerprint density at radius 2 is 1.90 bits per heavy atom. The SMILES string of the molecule is C[C@@H](CO)NC(=O)c1ccc2c(c1)C(=O)N(CCc1c[nH]c3ccccc13)C2=O. The minimum atomic E-state index is -0.402. The number of para-hydroxylation sites is 1. The molecule has 3 N–H and O–H groups in total. The van der Waals surface area contributed by atoms with E-state index in [1.54, 1.807) is 6.92 Å². The van der Waals surface area contributed by atoms with Gasteiger partial charge in [0.05, 0.1) is 17.7 Å². The summed E-state index contributed by atoms with van der Waals surface area (Å²) >= 11 is 0. The highest BCUT2D eigenvalue weighted by Gasteiger charge is 2.35. The van der Waals surface area contributed by atoms with E-state index in [4.69, 9.17) is 5.11 Å². The maximum absolute atomic E-state index is 12.8. The van der Waals surface area contributed by atoms with Crippen molar-refractivity contribution in [2.45, 2.75) is 19.4 Å². The van der Waals surface area contributed by atoms with E-state index >= 15 is 0 Å². The van der Waals surface area contributed by atoms with Gasteiger partial charge in [-0.15, -0.1) is 0 Å². The molecule has 7 heteroatoms. The van der Waals surface area contributed by atoms with Crippen LogP contribution in [-0.4, -0.2) is 51.9 Å². The second kappa shape index (κ2) is 7.52. The van der Waals surface area contributed by atoms with E-state index < -0.39 is 17.9 Å². The number of aliphatic hydroxyl groups is 1. The summed E-state index contributed by atoms with van der Waals surface area (Å²) in [5.74, 6) is -1.14. The van der Waals surface area contributed by atoms with Crippen molar-refractivity contribution in [3.8, 4) is 0 Å². The Morgan fingerprint density at radius 3 is 2.69 bits per heavy atom. The van der Waals surface area contributed by atoms with Crippen LogP contribution in [0.1, 0.15) is 43.6 Å². The van der Waals surface area contributed by atoms with Crippen LogP contribution in [0, 0.1) is 0 Å². The van der Waals surface area contributed by atoms with Gasteiger partial charge < -0.3 is 15.4 Å². The molecule has 0 unspecified atom stereocenters. The third-order valence-corrected chi connectivity index (χ3v) is 5.16. The number of carbonyl (C=O) groups is 3. The summed E-state index contributed by atoms with van der Waals surface area (Å²) < 4.78 is 0. The minimum Gasteiger partial charge on any atom is -0.394 e. The number of hydrogen-bond acceptors (Lipinski definition) is 4. The maximum Gasteiger partial charge on any atom is 0.261 e. The first-order valence-electron chi connectivity index (χ1n) is 9.46. The number of benzene rings is 2. The van der Waals surface area contributed by atoms with Gasteiger partial charge in [-0.05, 0) is 43.2 Å². The van der Waals surface area contributed by atoms with Gasteiger partial charge in [-0.3, -0.25) is 19.3 Å². The van der Waals surface area contributed by atoms with Gasteiger partial charge in [-0.2, -0.15) is 0 Å². The molecule has 29 heavy (non-hydrogen) atoms. The lowest BCUT2D eigenvalue weighted by molar-refractivity contribution is 0.0656. The van der Waals surface area contributed by atoms with Crippen LogP contribution in [0.3, 0.4) is 0 Å². The first-order valence-corrected chi connectivity index (χ1v) is 9.46. The van der Waals surface area contributed by atoms with Gasteiger partial charge in [-0.1, -0.05) is 18.2 Å². The lowest BCUT2D eigenvalue weighted by atomic mass is 10.1. The quantitative estimate of drug-likeness (QED) is 0.560.